The molecule has 0 radical (unpaired) electrons. The van der Waals surface area contributed by atoms with Crippen LogP contribution in [0.25, 0.3) is 0 Å². The minimum Gasteiger partial charge on any atom is -0.345 e. The predicted octanol–water partition coefficient (Wildman–Crippen LogP) is 4.25. The van der Waals surface area contributed by atoms with E-state index in [0.717, 1.165) is 5.56 Å². The van der Waals surface area contributed by atoms with Crippen molar-refractivity contribution in [3.8, 4) is 18.2 Å². The van der Waals surface area contributed by atoms with Gasteiger partial charge in [-0.15, -0.1) is 0 Å². The van der Waals surface area contributed by atoms with Crippen molar-refractivity contribution in [2.75, 3.05) is 5.32 Å². The Balaban J connectivity index is 2.30. The summed E-state index contributed by atoms with van der Waals surface area (Å²) in [5, 5.41) is 29.6. The molecule has 2 rings (SSSR count). The highest BCUT2D eigenvalue weighted by Crippen LogP contribution is 2.32. The molecule has 0 atom stereocenters. The zero-order chi connectivity index (χ0) is 17.6. The fourth-order valence-electron chi connectivity index (χ4n) is 2.42. The van der Waals surface area contributed by atoms with Gasteiger partial charge in [0.25, 0.3) is 0 Å². The third kappa shape index (κ3) is 3.43. The lowest BCUT2D eigenvalue weighted by atomic mass is 9.78. The van der Waals surface area contributed by atoms with Gasteiger partial charge in [0.15, 0.2) is 5.57 Å². The largest absolute Gasteiger partial charge is 0.345 e. The Hall–Kier alpha value is -3.55. The van der Waals surface area contributed by atoms with E-state index in [2.05, 4.69) is 31.3 Å². The molecule has 2 aromatic rings. The molecule has 0 saturated heterocycles. The first kappa shape index (κ1) is 16.8. The second kappa shape index (κ2) is 7.14. The fourth-order valence-corrected chi connectivity index (χ4v) is 2.42. The number of rotatable bonds is 4. The number of nitrogens with zero attached hydrogens (tertiary/aromatic N) is 3. The second-order valence-corrected chi connectivity index (χ2v) is 5.78. The van der Waals surface area contributed by atoms with E-state index in [1.165, 1.54) is 5.56 Å². The summed E-state index contributed by atoms with van der Waals surface area (Å²) in [4.78, 5) is 0. The van der Waals surface area contributed by atoms with Crippen LogP contribution in [0.4, 0.5) is 5.69 Å². The van der Waals surface area contributed by atoms with Crippen LogP contribution in [-0.4, -0.2) is 0 Å². The van der Waals surface area contributed by atoms with Gasteiger partial charge in [0.05, 0.1) is 0 Å². The van der Waals surface area contributed by atoms with Crippen LogP contribution < -0.4 is 5.32 Å². The third-order valence-electron chi connectivity index (χ3n) is 3.96. The summed E-state index contributed by atoms with van der Waals surface area (Å²) in [6.07, 6.45) is 0. The fraction of sp³-hybridized carbons (Fsp3) is 0.150. The highest BCUT2D eigenvalue weighted by atomic mass is 14.9. The second-order valence-electron chi connectivity index (χ2n) is 5.78. The van der Waals surface area contributed by atoms with E-state index in [9.17, 15) is 0 Å². The molecule has 2 aromatic carbocycles. The van der Waals surface area contributed by atoms with Gasteiger partial charge in [-0.05, 0) is 23.3 Å². The molecule has 4 heteroatoms. The molecule has 0 fully saturated rings. The molecule has 1 N–H and O–H groups in total. The van der Waals surface area contributed by atoms with Gasteiger partial charge in [-0.25, -0.2) is 0 Å². The van der Waals surface area contributed by atoms with Gasteiger partial charge in [0.1, 0.15) is 23.9 Å². The minimum absolute atomic E-state index is 0.0462. The topological polar surface area (TPSA) is 83.4 Å². The summed E-state index contributed by atoms with van der Waals surface area (Å²) in [6.45, 7) is 4.30. The maximum atomic E-state index is 9.08. The van der Waals surface area contributed by atoms with Crippen LogP contribution in [0, 0.1) is 34.0 Å². The number of hydrogen-bond donors (Lipinski definition) is 1. The quantitative estimate of drug-likeness (QED) is 0.855. The Labute approximate surface area is 141 Å². The Morgan fingerprint density at radius 1 is 0.792 bits per heavy atom. The SMILES string of the molecule is CC(C)(c1ccccc1)c1ccc(NC(C#N)=C(C#N)C#N)cc1. The maximum absolute atomic E-state index is 9.08. The van der Waals surface area contributed by atoms with E-state index < -0.39 is 0 Å². The number of nitrogens with one attached hydrogen (secondary N) is 1. The summed E-state index contributed by atoms with van der Waals surface area (Å²) >= 11 is 0. The van der Waals surface area contributed by atoms with Crippen LogP contribution in [0.3, 0.4) is 0 Å². The number of benzene rings is 2. The van der Waals surface area contributed by atoms with E-state index in [0.29, 0.717) is 5.69 Å². The van der Waals surface area contributed by atoms with Crippen LogP contribution in [-0.2, 0) is 5.41 Å². The molecule has 116 valence electrons. The van der Waals surface area contributed by atoms with E-state index in [1.807, 2.05) is 48.5 Å². The monoisotopic (exact) mass is 312 g/mol. The lowest BCUT2D eigenvalue weighted by Crippen LogP contribution is -2.18. The van der Waals surface area contributed by atoms with Crippen LogP contribution >= 0.6 is 0 Å². The molecule has 0 aliphatic heterocycles. The summed E-state index contributed by atoms with van der Waals surface area (Å²) in [7, 11) is 0. The molecular weight excluding hydrogens is 296 g/mol. The van der Waals surface area contributed by atoms with Gasteiger partial charge in [-0.3, -0.25) is 0 Å². The number of allylic oxidation sites excluding steroid dienone is 2. The number of anilines is 1. The van der Waals surface area contributed by atoms with Gasteiger partial charge in [0, 0.05) is 11.1 Å². The molecule has 0 amide bonds. The first-order valence-corrected chi connectivity index (χ1v) is 7.40. The Bertz CT molecular complexity index is 854. The predicted molar refractivity (Wildman–Crippen MR) is 92.5 cm³/mol. The van der Waals surface area contributed by atoms with E-state index in [1.54, 1.807) is 12.1 Å². The molecule has 0 heterocycles. The van der Waals surface area contributed by atoms with E-state index >= 15 is 0 Å². The molecule has 0 aromatic heterocycles. The molecular formula is C20H16N4. The molecule has 24 heavy (non-hydrogen) atoms. The first-order chi connectivity index (χ1) is 11.5. The van der Waals surface area contributed by atoms with Crippen molar-refractivity contribution in [1.82, 2.24) is 0 Å². The molecule has 0 aliphatic rings. The van der Waals surface area contributed by atoms with Gasteiger partial charge in [-0.2, -0.15) is 15.8 Å². The van der Waals surface area contributed by atoms with Gasteiger partial charge < -0.3 is 5.32 Å². The number of nitriles is 3. The standard InChI is InChI=1S/C20H16N4/c1-20(2,16-6-4-3-5-7-16)17-8-10-18(11-9-17)24-19(14-23)15(12-21)13-22/h3-11,24H,1-2H3. The van der Waals surface area contributed by atoms with Crippen LogP contribution in [0.2, 0.25) is 0 Å². The van der Waals surface area contributed by atoms with Crippen molar-refractivity contribution in [1.29, 1.82) is 15.8 Å². The molecule has 0 aliphatic carbocycles. The zero-order valence-corrected chi connectivity index (χ0v) is 13.5. The van der Waals surface area contributed by atoms with Gasteiger partial charge in [0.2, 0.25) is 0 Å². The molecule has 0 saturated carbocycles. The molecule has 0 unspecified atom stereocenters. The lowest BCUT2D eigenvalue weighted by Gasteiger charge is -2.26. The highest BCUT2D eigenvalue weighted by Gasteiger charge is 2.22. The average Bonchev–Trinajstić information content (AvgIpc) is 2.63. The average molecular weight is 312 g/mol. The van der Waals surface area contributed by atoms with Crippen molar-refractivity contribution in [2.24, 2.45) is 0 Å². The summed E-state index contributed by atoms with van der Waals surface area (Å²) in [6, 6.07) is 23.1. The van der Waals surface area contributed by atoms with Crippen LogP contribution in [0.15, 0.2) is 65.9 Å². The number of hydrogen-bond acceptors (Lipinski definition) is 4. The van der Waals surface area contributed by atoms with Crippen LogP contribution in [0.1, 0.15) is 25.0 Å². The van der Waals surface area contributed by atoms with E-state index in [4.69, 9.17) is 15.8 Å². The minimum atomic E-state index is -0.230. The first-order valence-electron chi connectivity index (χ1n) is 7.40. The Morgan fingerprint density at radius 2 is 1.33 bits per heavy atom. The van der Waals surface area contributed by atoms with Crippen molar-refractivity contribution in [3.63, 3.8) is 0 Å². The van der Waals surface area contributed by atoms with Gasteiger partial charge in [-0.1, -0.05) is 56.3 Å². The van der Waals surface area contributed by atoms with Crippen molar-refractivity contribution in [3.05, 3.63) is 77.0 Å². The normalized spacial score (nSPS) is 9.96. The smallest absolute Gasteiger partial charge is 0.163 e. The molecule has 0 spiro atoms. The zero-order valence-electron chi connectivity index (χ0n) is 13.5. The van der Waals surface area contributed by atoms with Gasteiger partial charge >= 0.3 is 0 Å². The Kier molecular flexibility index (Phi) is 5.00. The highest BCUT2D eigenvalue weighted by molar-refractivity contribution is 5.59. The molecule has 4 nitrogen and oxygen atoms in total. The maximum Gasteiger partial charge on any atom is 0.163 e. The summed E-state index contributed by atoms with van der Waals surface area (Å²) < 4.78 is 0. The van der Waals surface area contributed by atoms with Crippen molar-refractivity contribution < 1.29 is 0 Å². The van der Waals surface area contributed by atoms with E-state index in [-0.39, 0.29) is 16.7 Å². The summed E-state index contributed by atoms with van der Waals surface area (Å²) in [5.41, 5.74) is 2.56. The molecule has 0 bridgehead atoms. The lowest BCUT2D eigenvalue weighted by molar-refractivity contribution is 0.641. The van der Waals surface area contributed by atoms with Crippen LogP contribution in [0.5, 0.6) is 0 Å². The third-order valence-corrected chi connectivity index (χ3v) is 3.96. The Morgan fingerprint density at radius 3 is 1.83 bits per heavy atom. The summed E-state index contributed by atoms with van der Waals surface area (Å²) in [5.74, 6) is 0. The van der Waals surface area contributed by atoms with Crippen molar-refractivity contribution in [2.45, 2.75) is 19.3 Å². The van der Waals surface area contributed by atoms with Crippen molar-refractivity contribution >= 4 is 5.69 Å².